The lowest BCUT2D eigenvalue weighted by atomic mass is 10.00. The van der Waals surface area contributed by atoms with Crippen LogP contribution >= 0.6 is 0 Å². The van der Waals surface area contributed by atoms with Crippen molar-refractivity contribution in [3.05, 3.63) is 52.1 Å². The van der Waals surface area contributed by atoms with Crippen LogP contribution in [-0.4, -0.2) is 40.7 Å². The Bertz CT molecular complexity index is 1130. The predicted molar refractivity (Wildman–Crippen MR) is 117 cm³/mol. The van der Waals surface area contributed by atoms with E-state index < -0.39 is 34.9 Å². The zero-order valence-corrected chi connectivity index (χ0v) is 18.8. The number of hydrogen-bond donors (Lipinski definition) is 3. The lowest BCUT2D eigenvalue weighted by Crippen LogP contribution is -2.55. The van der Waals surface area contributed by atoms with Gasteiger partial charge in [-0.3, -0.25) is 19.2 Å². The smallest absolute Gasteiger partial charge is 0.293 e. The van der Waals surface area contributed by atoms with Gasteiger partial charge in [0.1, 0.15) is 17.1 Å². The van der Waals surface area contributed by atoms with E-state index in [0.717, 1.165) is 6.42 Å². The largest absolute Gasteiger partial charge is 0.357 e. The molecule has 1 aliphatic rings. The van der Waals surface area contributed by atoms with Gasteiger partial charge < -0.3 is 20.5 Å². The summed E-state index contributed by atoms with van der Waals surface area (Å²) < 4.78 is 15.6. The Hall–Kier alpha value is -3.49. The number of amides is 3. The van der Waals surface area contributed by atoms with Crippen molar-refractivity contribution in [1.29, 1.82) is 0 Å². The molecule has 2 heterocycles. The number of hydrogen-bond acceptors (Lipinski definition) is 4. The van der Waals surface area contributed by atoms with Crippen LogP contribution in [0.2, 0.25) is 0 Å². The maximum absolute atomic E-state index is 13.9. The lowest BCUT2D eigenvalue weighted by Gasteiger charge is -2.23. The number of fused-ring (bicyclic) bond motifs is 1. The van der Waals surface area contributed by atoms with Crippen molar-refractivity contribution in [3.8, 4) is 0 Å². The molecule has 2 aromatic rings. The van der Waals surface area contributed by atoms with Crippen molar-refractivity contribution in [2.45, 2.75) is 52.6 Å². The zero-order chi connectivity index (χ0) is 23.8. The molecule has 3 N–H and O–H groups in total. The van der Waals surface area contributed by atoms with Crippen LogP contribution in [0.15, 0.2) is 18.2 Å². The van der Waals surface area contributed by atoms with Gasteiger partial charge in [-0.05, 0) is 63.8 Å². The van der Waals surface area contributed by atoms with Crippen molar-refractivity contribution in [2.75, 3.05) is 12.4 Å². The molecule has 0 saturated carbocycles. The molecule has 0 unspecified atom stereocenters. The number of carbonyl (C=O) groups excluding carboxylic acids is 4. The molecule has 0 radical (unpaired) electrons. The molecule has 0 saturated heterocycles. The van der Waals surface area contributed by atoms with E-state index >= 15 is 0 Å². The van der Waals surface area contributed by atoms with Gasteiger partial charge in [-0.15, -0.1) is 0 Å². The van der Waals surface area contributed by atoms with E-state index in [1.165, 1.54) is 27.0 Å². The summed E-state index contributed by atoms with van der Waals surface area (Å²) in [6.07, 6.45) is 1.27. The molecule has 9 heteroatoms. The number of likely N-dealkylation sites (N-methyl/N-ethyl adjacent to an activating group) is 1. The molecule has 0 spiro atoms. The summed E-state index contributed by atoms with van der Waals surface area (Å²) in [5.41, 5.74) is 0.899. The Morgan fingerprint density at radius 1 is 1.12 bits per heavy atom. The molecule has 170 valence electrons. The summed E-state index contributed by atoms with van der Waals surface area (Å²) in [5, 5.41) is 7.58. The van der Waals surface area contributed by atoms with E-state index in [2.05, 4.69) is 16.0 Å². The van der Waals surface area contributed by atoms with Gasteiger partial charge in [0.05, 0.1) is 5.56 Å². The highest BCUT2D eigenvalue weighted by Crippen LogP contribution is 2.30. The molecule has 0 bridgehead atoms. The summed E-state index contributed by atoms with van der Waals surface area (Å²) in [4.78, 5) is 50.7. The van der Waals surface area contributed by atoms with E-state index in [0.29, 0.717) is 35.5 Å². The van der Waals surface area contributed by atoms with Crippen LogP contribution in [0.4, 0.5) is 10.1 Å². The van der Waals surface area contributed by atoms with Crippen LogP contribution in [0, 0.1) is 19.7 Å². The van der Waals surface area contributed by atoms with E-state index in [1.807, 2.05) is 0 Å². The average Bonchev–Trinajstić information content (AvgIpc) is 3.28. The summed E-state index contributed by atoms with van der Waals surface area (Å²) >= 11 is 0. The molecule has 3 rings (SSSR count). The van der Waals surface area contributed by atoms with Gasteiger partial charge in [-0.25, -0.2) is 4.39 Å². The Balaban J connectivity index is 1.92. The van der Waals surface area contributed by atoms with Crippen LogP contribution in [0.5, 0.6) is 0 Å². The first-order chi connectivity index (χ1) is 15.0. The van der Waals surface area contributed by atoms with Crippen LogP contribution in [-0.2, 0) is 22.6 Å². The molecule has 0 atom stereocenters. The lowest BCUT2D eigenvalue weighted by molar-refractivity contribution is -0.130. The molecular weight excluding hydrogens is 415 g/mol. The van der Waals surface area contributed by atoms with Crippen molar-refractivity contribution in [1.82, 2.24) is 15.2 Å². The highest BCUT2D eigenvalue weighted by atomic mass is 19.1. The number of nitrogens with zero attached hydrogens (tertiary/aromatic N) is 1. The fourth-order valence-corrected chi connectivity index (χ4v) is 4.00. The Labute approximate surface area is 185 Å². The van der Waals surface area contributed by atoms with E-state index in [9.17, 15) is 23.6 Å². The fourth-order valence-electron chi connectivity index (χ4n) is 4.00. The molecule has 32 heavy (non-hydrogen) atoms. The van der Waals surface area contributed by atoms with Gasteiger partial charge in [0.2, 0.25) is 5.91 Å². The second-order valence-corrected chi connectivity index (χ2v) is 8.46. The number of aryl methyl sites for hydroxylation is 1. The first kappa shape index (κ1) is 23.2. The molecule has 1 aromatic carbocycles. The second-order valence-electron chi connectivity index (χ2n) is 8.46. The number of nitrogens with one attached hydrogen (secondary N) is 3. The third kappa shape index (κ3) is 4.15. The Morgan fingerprint density at radius 2 is 1.81 bits per heavy atom. The molecule has 0 fully saturated rings. The molecule has 1 aromatic heterocycles. The normalized spacial score (nSPS) is 12.8. The van der Waals surface area contributed by atoms with Gasteiger partial charge in [-0.2, -0.15) is 0 Å². The highest BCUT2D eigenvalue weighted by molar-refractivity contribution is 6.44. The van der Waals surface area contributed by atoms with Gasteiger partial charge in [0, 0.05) is 25.0 Å². The average molecular weight is 442 g/mol. The fraction of sp³-hybridized carbons (Fsp3) is 0.391. The second kappa shape index (κ2) is 8.57. The maximum Gasteiger partial charge on any atom is 0.293 e. The number of carbonyl (C=O) groups is 4. The van der Waals surface area contributed by atoms with Crippen molar-refractivity contribution in [2.24, 2.45) is 0 Å². The minimum absolute atomic E-state index is 0.174. The minimum atomic E-state index is -1.28. The van der Waals surface area contributed by atoms with Crippen LogP contribution < -0.4 is 16.0 Å². The van der Waals surface area contributed by atoms with Gasteiger partial charge in [-0.1, -0.05) is 6.07 Å². The maximum atomic E-state index is 13.9. The highest BCUT2D eigenvalue weighted by Gasteiger charge is 2.36. The van der Waals surface area contributed by atoms with Crippen molar-refractivity contribution >= 4 is 29.2 Å². The van der Waals surface area contributed by atoms with Crippen LogP contribution in [0.25, 0.3) is 0 Å². The molecular formula is C23H27FN4O4. The molecule has 8 nitrogen and oxygen atoms in total. The van der Waals surface area contributed by atoms with E-state index in [4.69, 9.17) is 0 Å². The van der Waals surface area contributed by atoms with Crippen molar-refractivity contribution in [3.63, 3.8) is 0 Å². The number of Topliss-reactive ketones (excluding diaryl/α,β-unsaturated/α-hetero) is 1. The SMILES string of the molecule is CNC(=O)C(C)(C)NC(=O)C(=O)c1c(C)c(C(=O)Nc2ccc(C)c(F)c2)n2c1CCC2. The van der Waals surface area contributed by atoms with Gasteiger partial charge >= 0.3 is 0 Å². The summed E-state index contributed by atoms with van der Waals surface area (Å²) in [7, 11) is 1.44. The Morgan fingerprint density at radius 3 is 2.44 bits per heavy atom. The van der Waals surface area contributed by atoms with E-state index in [-0.39, 0.29) is 11.3 Å². The zero-order valence-electron chi connectivity index (χ0n) is 18.8. The van der Waals surface area contributed by atoms with Crippen LogP contribution in [0.3, 0.4) is 0 Å². The van der Waals surface area contributed by atoms with Gasteiger partial charge in [0.15, 0.2) is 0 Å². The summed E-state index contributed by atoms with van der Waals surface area (Å²) in [5.74, 6) is -3.09. The number of aromatic nitrogens is 1. The monoisotopic (exact) mass is 442 g/mol. The van der Waals surface area contributed by atoms with Crippen LogP contribution in [0.1, 0.15) is 57.9 Å². The van der Waals surface area contributed by atoms with Crippen molar-refractivity contribution < 1.29 is 23.6 Å². The number of anilines is 1. The summed E-state index contributed by atoms with van der Waals surface area (Å²) in [6.45, 7) is 6.75. The van der Waals surface area contributed by atoms with E-state index in [1.54, 1.807) is 30.5 Å². The topological polar surface area (TPSA) is 109 Å². The third-order valence-electron chi connectivity index (χ3n) is 5.71. The quantitative estimate of drug-likeness (QED) is 0.471. The number of ketones is 1. The Kier molecular flexibility index (Phi) is 6.20. The third-order valence-corrected chi connectivity index (χ3v) is 5.71. The molecule has 0 aliphatic carbocycles. The minimum Gasteiger partial charge on any atom is -0.357 e. The summed E-state index contributed by atoms with van der Waals surface area (Å²) in [6, 6.07) is 4.39. The number of benzene rings is 1. The first-order valence-corrected chi connectivity index (χ1v) is 10.4. The molecule has 3 amide bonds. The van der Waals surface area contributed by atoms with Gasteiger partial charge in [0.25, 0.3) is 17.6 Å². The standard InChI is InChI=1S/C23H27FN4O4/c1-12-8-9-14(11-15(12)24)26-20(30)18-13(2)17(16-7-6-10-28(16)18)19(29)21(31)27-23(3,4)22(32)25-5/h8-9,11H,6-7,10H2,1-5H3,(H,25,32)(H,26,30)(H,27,31). The number of rotatable bonds is 6. The first-order valence-electron chi connectivity index (χ1n) is 10.4. The number of halogens is 1. The molecule has 1 aliphatic heterocycles. The predicted octanol–water partition coefficient (Wildman–Crippen LogP) is 2.27.